The van der Waals surface area contributed by atoms with Crippen molar-refractivity contribution in [1.82, 2.24) is 10.2 Å². The van der Waals surface area contributed by atoms with E-state index in [2.05, 4.69) is 27.7 Å². The highest BCUT2D eigenvalue weighted by molar-refractivity contribution is 7.09. The summed E-state index contributed by atoms with van der Waals surface area (Å²) in [7, 11) is 2.01. The number of hydrogen-bond donors (Lipinski definition) is 1. The Balaban J connectivity index is 1.61. The number of carbonyl (C=O) groups is 1. The number of thiophene rings is 1. The molecule has 0 spiro atoms. The van der Waals surface area contributed by atoms with Crippen LogP contribution in [0.2, 0.25) is 0 Å². The molecule has 2 heterocycles. The van der Waals surface area contributed by atoms with Crippen LogP contribution in [0.1, 0.15) is 37.0 Å². The quantitative estimate of drug-likeness (QED) is 0.838. The number of carbonyl (C=O) groups excluding carboxylic acids is 1. The zero-order chi connectivity index (χ0) is 14.2. The van der Waals surface area contributed by atoms with Gasteiger partial charge < -0.3 is 10.2 Å². The van der Waals surface area contributed by atoms with Crippen molar-refractivity contribution >= 4 is 17.2 Å². The van der Waals surface area contributed by atoms with Crippen LogP contribution in [0.25, 0.3) is 0 Å². The molecule has 1 saturated heterocycles. The maximum Gasteiger partial charge on any atom is 0.222 e. The van der Waals surface area contributed by atoms with E-state index in [1.165, 1.54) is 24.1 Å². The first-order valence-corrected chi connectivity index (χ1v) is 8.62. The molecule has 1 aromatic rings. The number of piperidine rings is 1. The van der Waals surface area contributed by atoms with Gasteiger partial charge in [0.25, 0.3) is 0 Å². The second kappa shape index (κ2) is 8.42. The minimum absolute atomic E-state index is 0.355. The van der Waals surface area contributed by atoms with Crippen LogP contribution in [0.5, 0.6) is 0 Å². The van der Waals surface area contributed by atoms with Crippen molar-refractivity contribution in [2.24, 2.45) is 5.92 Å². The van der Waals surface area contributed by atoms with Gasteiger partial charge in [-0.15, -0.1) is 11.3 Å². The van der Waals surface area contributed by atoms with Crippen molar-refractivity contribution in [3.63, 3.8) is 0 Å². The smallest absolute Gasteiger partial charge is 0.222 e. The van der Waals surface area contributed by atoms with Crippen LogP contribution in [-0.2, 0) is 11.2 Å². The monoisotopic (exact) mass is 294 g/mol. The van der Waals surface area contributed by atoms with Gasteiger partial charge in [-0.2, -0.15) is 0 Å². The van der Waals surface area contributed by atoms with Crippen molar-refractivity contribution in [3.05, 3.63) is 22.4 Å². The van der Waals surface area contributed by atoms with Gasteiger partial charge in [0, 0.05) is 24.4 Å². The lowest BCUT2D eigenvalue weighted by Crippen LogP contribution is -2.38. The highest BCUT2D eigenvalue weighted by Gasteiger charge is 2.21. The number of rotatable bonds is 7. The van der Waals surface area contributed by atoms with Gasteiger partial charge in [-0.05, 0) is 63.1 Å². The summed E-state index contributed by atoms with van der Waals surface area (Å²) < 4.78 is 0. The molecule has 112 valence electrons. The van der Waals surface area contributed by atoms with Gasteiger partial charge in [0.05, 0.1) is 0 Å². The Morgan fingerprint density at radius 2 is 2.25 bits per heavy atom. The topological polar surface area (TPSA) is 32.3 Å². The summed E-state index contributed by atoms with van der Waals surface area (Å²) in [5.41, 5.74) is 0. The number of likely N-dealkylation sites (tertiary alicyclic amines) is 1. The molecule has 0 aliphatic carbocycles. The minimum Gasteiger partial charge on any atom is -0.343 e. The molecule has 1 N–H and O–H groups in total. The van der Waals surface area contributed by atoms with Crippen molar-refractivity contribution in [1.29, 1.82) is 0 Å². The Labute approximate surface area is 126 Å². The van der Waals surface area contributed by atoms with E-state index in [1.807, 2.05) is 7.05 Å². The van der Waals surface area contributed by atoms with E-state index in [0.717, 1.165) is 38.4 Å². The van der Waals surface area contributed by atoms with Crippen LogP contribution >= 0.6 is 11.3 Å². The molecule has 0 atom stereocenters. The lowest BCUT2D eigenvalue weighted by molar-refractivity contribution is -0.132. The molecule has 3 nitrogen and oxygen atoms in total. The summed E-state index contributed by atoms with van der Waals surface area (Å²) in [6.07, 6.45) is 6.34. The third kappa shape index (κ3) is 4.91. The average molecular weight is 294 g/mol. The third-order valence-corrected chi connectivity index (χ3v) is 5.10. The van der Waals surface area contributed by atoms with Gasteiger partial charge >= 0.3 is 0 Å². The number of amides is 1. The first-order valence-electron chi connectivity index (χ1n) is 7.74. The van der Waals surface area contributed by atoms with Crippen LogP contribution in [0, 0.1) is 5.92 Å². The first kappa shape index (κ1) is 15.5. The van der Waals surface area contributed by atoms with E-state index in [-0.39, 0.29) is 0 Å². The molecule has 1 aromatic heterocycles. The van der Waals surface area contributed by atoms with Gasteiger partial charge in [-0.1, -0.05) is 6.07 Å². The summed E-state index contributed by atoms with van der Waals surface area (Å²) in [6.45, 7) is 3.03. The Morgan fingerprint density at radius 1 is 1.45 bits per heavy atom. The van der Waals surface area contributed by atoms with E-state index in [9.17, 15) is 4.79 Å². The maximum atomic E-state index is 12.2. The normalized spacial score (nSPS) is 16.6. The summed E-state index contributed by atoms with van der Waals surface area (Å²) in [5.74, 6) is 1.16. The van der Waals surface area contributed by atoms with Gasteiger partial charge in [0.2, 0.25) is 5.91 Å². The molecule has 1 aliphatic rings. The Kier molecular flexibility index (Phi) is 6.54. The average Bonchev–Trinajstić information content (AvgIpc) is 2.99. The molecule has 1 amide bonds. The van der Waals surface area contributed by atoms with E-state index < -0.39 is 0 Å². The van der Waals surface area contributed by atoms with Crippen molar-refractivity contribution in [2.45, 2.75) is 38.5 Å². The predicted molar refractivity (Wildman–Crippen MR) is 85.1 cm³/mol. The molecule has 2 rings (SSSR count). The van der Waals surface area contributed by atoms with Crippen LogP contribution in [0.15, 0.2) is 17.5 Å². The van der Waals surface area contributed by atoms with Gasteiger partial charge in [0.1, 0.15) is 0 Å². The molecule has 1 fully saturated rings. The SMILES string of the molecule is CNCCC1CCN(C(=O)CCCc2cccs2)CC1. The van der Waals surface area contributed by atoms with Crippen LogP contribution in [-0.4, -0.2) is 37.5 Å². The van der Waals surface area contributed by atoms with Crippen molar-refractivity contribution in [3.8, 4) is 0 Å². The highest BCUT2D eigenvalue weighted by atomic mass is 32.1. The van der Waals surface area contributed by atoms with Crippen LogP contribution < -0.4 is 5.32 Å². The Bertz CT molecular complexity index is 383. The van der Waals surface area contributed by atoms with Crippen LogP contribution in [0.4, 0.5) is 0 Å². The molecular weight excluding hydrogens is 268 g/mol. The fourth-order valence-electron chi connectivity index (χ4n) is 2.85. The van der Waals surface area contributed by atoms with Gasteiger partial charge in [0.15, 0.2) is 0 Å². The standard InChI is InChI=1S/C16H26N2OS/c1-17-10-7-14-8-11-18(12-9-14)16(19)6-2-4-15-5-3-13-20-15/h3,5,13-14,17H,2,4,6-12H2,1H3. The van der Waals surface area contributed by atoms with Crippen molar-refractivity contribution < 1.29 is 4.79 Å². The summed E-state index contributed by atoms with van der Waals surface area (Å²) in [4.78, 5) is 15.6. The van der Waals surface area contributed by atoms with Gasteiger partial charge in [-0.25, -0.2) is 0 Å². The largest absolute Gasteiger partial charge is 0.343 e. The number of nitrogens with one attached hydrogen (secondary N) is 1. The summed E-state index contributed by atoms with van der Waals surface area (Å²) in [6, 6.07) is 4.24. The maximum absolute atomic E-state index is 12.2. The molecule has 0 unspecified atom stereocenters. The molecule has 0 bridgehead atoms. The second-order valence-corrected chi connectivity index (χ2v) is 6.68. The molecular formula is C16H26N2OS. The lowest BCUT2D eigenvalue weighted by Gasteiger charge is -2.32. The van der Waals surface area contributed by atoms with E-state index >= 15 is 0 Å². The number of hydrogen-bond acceptors (Lipinski definition) is 3. The van der Waals surface area contributed by atoms with Gasteiger partial charge in [-0.3, -0.25) is 4.79 Å². The highest BCUT2D eigenvalue weighted by Crippen LogP contribution is 2.21. The first-order chi connectivity index (χ1) is 9.79. The third-order valence-electron chi connectivity index (χ3n) is 4.16. The van der Waals surface area contributed by atoms with E-state index in [4.69, 9.17) is 0 Å². The predicted octanol–water partition coefficient (Wildman–Crippen LogP) is 2.92. The van der Waals surface area contributed by atoms with Crippen molar-refractivity contribution in [2.75, 3.05) is 26.7 Å². The number of aryl methyl sites for hydroxylation is 1. The molecule has 0 radical (unpaired) electrons. The summed E-state index contributed by atoms with van der Waals surface area (Å²) >= 11 is 1.79. The second-order valence-electron chi connectivity index (χ2n) is 5.65. The van der Waals surface area contributed by atoms with E-state index in [0.29, 0.717) is 12.3 Å². The lowest BCUT2D eigenvalue weighted by atomic mass is 9.93. The Morgan fingerprint density at radius 3 is 2.90 bits per heavy atom. The Hall–Kier alpha value is -0.870. The molecule has 4 heteroatoms. The molecule has 0 aromatic carbocycles. The fraction of sp³-hybridized carbons (Fsp3) is 0.688. The molecule has 1 aliphatic heterocycles. The summed E-state index contributed by atoms with van der Waals surface area (Å²) in [5, 5.41) is 5.31. The molecule has 20 heavy (non-hydrogen) atoms. The van der Waals surface area contributed by atoms with E-state index in [1.54, 1.807) is 11.3 Å². The zero-order valence-electron chi connectivity index (χ0n) is 12.4. The minimum atomic E-state index is 0.355. The zero-order valence-corrected chi connectivity index (χ0v) is 13.3. The van der Waals surface area contributed by atoms with Crippen LogP contribution in [0.3, 0.4) is 0 Å². The molecule has 0 saturated carbocycles. The fourth-order valence-corrected chi connectivity index (χ4v) is 3.60. The number of nitrogens with zero attached hydrogens (tertiary/aromatic N) is 1.